The number of aromatic nitrogens is 2. The highest BCUT2D eigenvalue weighted by atomic mass is 16.1. The molecule has 1 aliphatic carbocycles. The number of nitrogens with two attached hydrogens (primary N) is 1. The van der Waals surface area contributed by atoms with Gasteiger partial charge in [0.2, 0.25) is 0 Å². The van der Waals surface area contributed by atoms with Crippen LogP contribution in [0, 0.1) is 0 Å². The lowest BCUT2D eigenvalue weighted by Crippen LogP contribution is -2.22. The Morgan fingerprint density at radius 1 is 1.64 bits per heavy atom. The van der Waals surface area contributed by atoms with E-state index in [0.29, 0.717) is 5.82 Å². The molecule has 14 heavy (non-hydrogen) atoms. The van der Waals surface area contributed by atoms with Gasteiger partial charge in [0.15, 0.2) is 0 Å². The van der Waals surface area contributed by atoms with Crippen molar-refractivity contribution in [2.75, 3.05) is 12.8 Å². The predicted molar refractivity (Wildman–Crippen MR) is 54.6 cm³/mol. The summed E-state index contributed by atoms with van der Waals surface area (Å²) in [6.07, 6.45) is 3.77. The summed E-state index contributed by atoms with van der Waals surface area (Å²) in [6.45, 7) is 0. The van der Waals surface area contributed by atoms with Crippen LogP contribution in [0.1, 0.15) is 17.7 Å². The Morgan fingerprint density at radius 3 is 3.14 bits per heavy atom. The third-order valence-electron chi connectivity index (χ3n) is 2.32. The number of fused-ring (bicyclic) bond motifs is 1. The number of nitrogens with zero attached hydrogens (tertiary/aromatic N) is 1. The Bertz CT molecular complexity index is 447. The summed E-state index contributed by atoms with van der Waals surface area (Å²) in [7, 11) is 1.82. The summed E-state index contributed by atoms with van der Waals surface area (Å²) in [5, 5.41) is 3.04. The molecule has 4 N–H and O–H groups in total. The van der Waals surface area contributed by atoms with Crippen LogP contribution in [0.2, 0.25) is 0 Å². The van der Waals surface area contributed by atoms with Crippen LogP contribution in [0.3, 0.4) is 0 Å². The number of nitrogens with one attached hydrogen (secondary N) is 2. The fraction of sp³-hybridized carbons (Fsp3) is 0.333. The molecule has 5 heteroatoms. The van der Waals surface area contributed by atoms with Gasteiger partial charge in [-0.3, -0.25) is 0 Å². The summed E-state index contributed by atoms with van der Waals surface area (Å²) < 4.78 is 0. The van der Waals surface area contributed by atoms with Crippen molar-refractivity contribution < 1.29 is 0 Å². The van der Waals surface area contributed by atoms with Crippen molar-refractivity contribution in [1.29, 1.82) is 0 Å². The molecule has 2 rings (SSSR count). The van der Waals surface area contributed by atoms with Crippen molar-refractivity contribution in [2.45, 2.75) is 12.8 Å². The molecular weight excluding hydrogens is 180 g/mol. The van der Waals surface area contributed by atoms with Gasteiger partial charge in [-0.25, -0.2) is 4.79 Å². The number of anilines is 1. The van der Waals surface area contributed by atoms with Crippen LogP contribution in [-0.2, 0) is 6.42 Å². The molecule has 0 aliphatic heterocycles. The number of nitrogen functional groups attached to an aromatic ring is 1. The molecule has 0 saturated heterocycles. The van der Waals surface area contributed by atoms with E-state index < -0.39 is 0 Å². The quantitative estimate of drug-likeness (QED) is 0.578. The normalized spacial score (nSPS) is 14.5. The molecule has 0 bridgehead atoms. The molecular formula is C9H12N4O. The molecule has 0 amide bonds. The van der Waals surface area contributed by atoms with Crippen molar-refractivity contribution in [3.63, 3.8) is 0 Å². The zero-order valence-electron chi connectivity index (χ0n) is 7.92. The van der Waals surface area contributed by atoms with Crippen LogP contribution in [0.5, 0.6) is 0 Å². The van der Waals surface area contributed by atoms with Gasteiger partial charge in [0.1, 0.15) is 5.82 Å². The average Bonchev–Trinajstić information content (AvgIpc) is 2.16. The van der Waals surface area contributed by atoms with E-state index in [1.807, 2.05) is 7.05 Å². The maximum Gasteiger partial charge on any atom is 0.347 e. The lowest BCUT2D eigenvalue weighted by molar-refractivity contribution is 0.868. The van der Waals surface area contributed by atoms with Crippen LogP contribution in [-0.4, -0.2) is 17.0 Å². The second-order valence-corrected chi connectivity index (χ2v) is 3.19. The molecule has 5 nitrogen and oxygen atoms in total. The van der Waals surface area contributed by atoms with Gasteiger partial charge in [-0.05, 0) is 12.8 Å². The molecule has 1 aromatic rings. The SMILES string of the molecule is CNC1=CCCc2[nH]c(=O)nc(N)c21. The van der Waals surface area contributed by atoms with Gasteiger partial charge in [0, 0.05) is 18.4 Å². The van der Waals surface area contributed by atoms with Crippen molar-refractivity contribution in [2.24, 2.45) is 0 Å². The molecule has 1 aromatic heterocycles. The van der Waals surface area contributed by atoms with Crippen molar-refractivity contribution in [3.8, 4) is 0 Å². The molecule has 1 aliphatic rings. The highest BCUT2D eigenvalue weighted by Crippen LogP contribution is 2.25. The topological polar surface area (TPSA) is 83.8 Å². The Hall–Kier alpha value is -1.78. The predicted octanol–water partition coefficient (Wildman–Crippen LogP) is -0.141. The number of rotatable bonds is 1. The smallest absolute Gasteiger partial charge is 0.347 e. The third kappa shape index (κ3) is 1.26. The monoisotopic (exact) mass is 192 g/mol. The first-order chi connectivity index (χ1) is 6.72. The van der Waals surface area contributed by atoms with Crippen LogP contribution in [0.25, 0.3) is 5.70 Å². The number of allylic oxidation sites excluding steroid dienone is 1. The third-order valence-corrected chi connectivity index (χ3v) is 2.32. The maximum absolute atomic E-state index is 11.1. The minimum Gasteiger partial charge on any atom is -0.388 e. The molecule has 1 heterocycles. The molecule has 0 unspecified atom stereocenters. The first-order valence-electron chi connectivity index (χ1n) is 4.49. The number of aromatic amines is 1. The minimum absolute atomic E-state index is 0.295. The van der Waals surface area contributed by atoms with Crippen LogP contribution in [0.4, 0.5) is 5.82 Å². The van der Waals surface area contributed by atoms with Crippen LogP contribution < -0.4 is 16.7 Å². The number of H-pyrrole nitrogens is 1. The minimum atomic E-state index is -0.376. The van der Waals surface area contributed by atoms with E-state index in [1.165, 1.54) is 0 Å². The Kier molecular flexibility index (Phi) is 1.99. The average molecular weight is 192 g/mol. The second kappa shape index (κ2) is 3.17. The number of hydrogen-bond acceptors (Lipinski definition) is 4. The largest absolute Gasteiger partial charge is 0.388 e. The van der Waals surface area contributed by atoms with Crippen molar-refractivity contribution >= 4 is 11.5 Å². The van der Waals surface area contributed by atoms with E-state index in [1.54, 1.807) is 0 Å². The number of hydrogen-bond donors (Lipinski definition) is 3. The fourth-order valence-electron chi connectivity index (χ4n) is 1.72. The van der Waals surface area contributed by atoms with Gasteiger partial charge in [-0.1, -0.05) is 6.08 Å². The number of aryl methyl sites for hydroxylation is 1. The lowest BCUT2D eigenvalue weighted by atomic mass is 10.0. The molecule has 0 fully saturated rings. The first kappa shape index (κ1) is 8.80. The Balaban J connectivity index is 2.66. The van der Waals surface area contributed by atoms with Crippen LogP contribution >= 0.6 is 0 Å². The van der Waals surface area contributed by atoms with E-state index >= 15 is 0 Å². The van der Waals surface area contributed by atoms with E-state index in [-0.39, 0.29) is 5.69 Å². The molecule has 0 atom stereocenters. The lowest BCUT2D eigenvalue weighted by Gasteiger charge is -2.17. The summed E-state index contributed by atoms with van der Waals surface area (Å²) in [5.74, 6) is 0.295. The summed E-state index contributed by atoms with van der Waals surface area (Å²) in [5.41, 5.74) is 7.96. The maximum atomic E-state index is 11.1. The van der Waals surface area contributed by atoms with E-state index in [0.717, 1.165) is 29.8 Å². The van der Waals surface area contributed by atoms with Gasteiger partial charge in [0.05, 0.1) is 5.56 Å². The molecule has 0 radical (unpaired) electrons. The molecule has 0 saturated carbocycles. The van der Waals surface area contributed by atoms with Crippen LogP contribution in [0.15, 0.2) is 10.9 Å². The Labute approximate surface area is 81.1 Å². The van der Waals surface area contributed by atoms with E-state index in [9.17, 15) is 4.79 Å². The second-order valence-electron chi connectivity index (χ2n) is 3.19. The first-order valence-corrected chi connectivity index (χ1v) is 4.49. The summed E-state index contributed by atoms with van der Waals surface area (Å²) in [6, 6.07) is 0. The molecule has 0 spiro atoms. The van der Waals surface area contributed by atoms with Gasteiger partial charge in [0.25, 0.3) is 0 Å². The zero-order valence-corrected chi connectivity index (χ0v) is 7.92. The summed E-state index contributed by atoms with van der Waals surface area (Å²) >= 11 is 0. The fourth-order valence-corrected chi connectivity index (χ4v) is 1.72. The van der Waals surface area contributed by atoms with Gasteiger partial charge >= 0.3 is 5.69 Å². The van der Waals surface area contributed by atoms with E-state index in [4.69, 9.17) is 5.73 Å². The molecule has 0 aromatic carbocycles. The van der Waals surface area contributed by atoms with Gasteiger partial charge < -0.3 is 16.0 Å². The highest BCUT2D eigenvalue weighted by Gasteiger charge is 2.16. The van der Waals surface area contributed by atoms with Gasteiger partial charge in [-0.2, -0.15) is 4.98 Å². The molecule has 74 valence electrons. The standard InChI is InChI=1S/C9H12N4O/c1-11-5-3-2-4-6-7(5)8(10)13-9(14)12-6/h3,11H,2,4H2,1H3,(H3,10,12,13,14). The zero-order chi connectivity index (χ0) is 10.1. The Morgan fingerprint density at radius 2 is 2.43 bits per heavy atom. The van der Waals surface area contributed by atoms with Crippen molar-refractivity contribution in [1.82, 2.24) is 15.3 Å². The summed E-state index contributed by atoms with van der Waals surface area (Å²) in [4.78, 5) is 17.4. The van der Waals surface area contributed by atoms with E-state index in [2.05, 4.69) is 21.4 Å². The van der Waals surface area contributed by atoms with Crippen molar-refractivity contribution in [3.05, 3.63) is 27.8 Å². The highest BCUT2D eigenvalue weighted by molar-refractivity contribution is 5.74. The van der Waals surface area contributed by atoms with Gasteiger partial charge in [-0.15, -0.1) is 0 Å².